The lowest BCUT2D eigenvalue weighted by atomic mass is 10.3. The fraction of sp³-hybridized carbons (Fsp3) is 0.286. The first-order chi connectivity index (χ1) is 5.11. The van der Waals surface area contributed by atoms with Gasteiger partial charge in [0.15, 0.2) is 0 Å². The smallest absolute Gasteiger partial charge is 0.131 e. The van der Waals surface area contributed by atoms with Crippen LogP contribution in [0.2, 0.25) is 5.15 Å². The van der Waals surface area contributed by atoms with Crippen LogP contribution in [0.1, 0.15) is 0 Å². The number of aromatic nitrogens is 1. The van der Waals surface area contributed by atoms with Crippen LogP contribution in [-0.4, -0.2) is 19.1 Å². The molecule has 1 aromatic rings. The van der Waals surface area contributed by atoms with Crippen molar-refractivity contribution in [1.29, 1.82) is 0 Å². The average Bonchev–Trinajstić information content (AvgIpc) is 1.94. The lowest BCUT2D eigenvalue weighted by Gasteiger charge is -2.14. The summed E-state index contributed by atoms with van der Waals surface area (Å²) in [4.78, 5) is 5.73. The fourth-order valence-electron chi connectivity index (χ4n) is 0.818. The van der Waals surface area contributed by atoms with Crippen molar-refractivity contribution in [3.63, 3.8) is 0 Å². The minimum absolute atomic E-state index is 0.461. The summed E-state index contributed by atoms with van der Waals surface area (Å²) < 4.78 is 0. The SMILES string of the molecule is CN(C)c1cc(Cl)ncc1N. The van der Waals surface area contributed by atoms with Crippen LogP contribution in [0, 0.1) is 0 Å². The summed E-state index contributed by atoms with van der Waals surface area (Å²) in [5.41, 5.74) is 7.16. The molecule has 0 bridgehead atoms. The van der Waals surface area contributed by atoms with Crippen LogP contribution < -0.4 is 10.6 Å². The van der Waals surface area contributed by atoms with E-state index in [0.29, 0.717) is 10.8 Å². The molecule has 0 amide bonds. The molecule has 0 atom stereocenters. The van der Waals surface area contributed by atoms with E-state index in [9.17, 15) is 0 Å². The average molecular weight is 172 g/mol. The van der Waals surface area contributed by atoms with Gasteiger partial charge in [-0.05, 0) is 0 Å². The van der Waals surface area contributed by atoms with Crippen molar-refractivity contribution >= 4 is 23.0 Å². The van der Waals surface area contributed by atoms with E-state index in [4.69, 9.17) is 17.3 Å². The molecule has 1 aromatic heterocycles. The Hall–Kier alpha value is -0.960. The molecule has 0 radical (unpaired) electrons. The number of hydrogen-bond acceptors (Lipinski definition) is 3. The molecule has 0 fully saturated rings. The maximum absolute atomic E-state index is 5.67. The van der Waals surface area contributed by atoms with Crippen LogP contribution in [0.15, 0.2) is 12.3 Å². The topological polar surface area (TPSA) is 42.2 Å². The molecule has 0 aliphatic rings. The number of nitrogens with zero attached hydrogens (tertiary/aromatic N) is 2. The molecule has 4 heteroatoms. The van der Waals surface area contributed by atoms with Crippen LogP contribution in [0.25, 0.3) is 0 Å². The molecule has 0 aliphatic heterocycles. The molecule has 1 rings (SSSR count). The first-order valence-electron chi connectivity index (χ1n) is 3.19. The second kappa shape index (κ2) is 2.96. The van der Waals surface area contributed by atoms with Crippen LogP contribution in [0.4, 0.5) is 11.4 Å². The second-order valence-corrected chi connectivity index (χ2v) is 2.85. The normalized spacial score (nSPS) is 9.73. The van der Waals surface area contributed by atoms with Gasteiger partial charge in [-0.1, -0.05) is 11.6 Å². The van der Waals surface area contributed by atoms with Gasteiger partial charge in [-0.15, -0.1) is 0 Å². The molecule has 2 N–H and O–H groups in total. The Bertz CT molecular complexity index is 260. The van der Waals surface area contributed by atoms with E-state index in [2.05, 4.69) is 4.98 Å². The van der Waals surface area contributed by atoms with Gasteiger partial charge in [0, 0.05) is 20.2 Å². The summed E-state index contributed by atoms with van der Waals surface area (Å²) in [6.45, 7) is 0. The molecule has 60 valence electrons. The Balaban J connectivity index is 3.13. The predicted octanol–water partition coefficient (Wildman–Crippen LogP) is 1.38. The highest BCUT2D eigenvalue weighted by Crippen LogP contribution is 2.22. The zero-order valence-electron chi connectivity index (χ0n) is 6.50. The van der Waals surface area contributed by atoms with Crippen LogP contribution in [-0.2, 0) is 0 Å². The van der Waals surface area contributed by atoms with Crippen molar-refractivity contribution < 1.29 is 0 Å². The van der Waals surface area contributed by atoms with Crippen molar-refractivity contribution in [2.45, 2.75) is 0 Å². The Kier molecular flexibility index (Phi) is 2.19. The highest BCUT2D eigenvalue weighted by Gasteiger charge is 2.01. The van der Waals surface area contributed by atoms with Gasteiger partial charge in [-0.3, -0.25) is 0 Å². The number of nitrogen functional groups attached to an aromatic ring is 1. The fourth-order valence-corrected chi connectivity index (χ4v) is 0.970. The van der Waals surface area contributed by atoms with Gasteiger partial charge < -0.3 is 10.6 Å². The minimum atomic E-state index is 0.461. The molecule has 11 heavy (non-hydrogen) atoms. The summed E-state index contributed by atoms with van der Waals surface area (Å²) in [5.74, 6) is 0. The standard InChI is InChI=1S/C7H10ClN3/c1-11(2)6-3-7(8)10-4-5(6)9/h3-4H,9H2,1-2H3. The summed E-state index contributed by atoms with van der Waals surface area (Å²) in [5, 5.41) is 0.461. The van der Waals surface area contributed by atoms with Crippen LogP contribution in [0.5, 0.6) is 0 Å². The van der Waals surface area contributed by atoms with Gasteiger partial charge >= 0.3 is 0 Å². The minimum Gasteiger partial charge on any atom is -0.396 e. The highest BCUT2D eigenvalue weighted by atomic mass is 35.5. The first-order valence-corrected chi connectivity index (χ1v) is 3.57. The largest absolute Gasteiger partial charge is 0.396 e. The molecule has 0 unspecified atom stereocenters. The molecule has 0 aliphatic carbocycles. The zero-order valence-corrected chi connectivity index (χ0v) is 7.26. The number of anilines is 2. The molecular formula is C7H10ClN3. The third-order valence-corrected chi connectivity index (χ3v) is 1.57. The van der Waals surface area contributed by atoms with Gasteiger partial charge in [0.1, 0.15) is 5.15 Å². The molecule has 3 nitrogen and oxygen atoms in total. The summed E-state index contributed by atoms with van der Waals surface area (Å²) >= 11 is 5.67. The van der Waals surface area contributed by atoms with E-state index in [-0.39, 0.29) is 0 Å². The van der Waals surface area contributed by atoms with Crippen molar-refractivity contribution in [1.82, 2.24) is 4.98 Å². The van der Waals surface area contributed by atoms with E-state index in [1.165, 1.54) is 0 Å². The molecule has 0 aromatic carbocycles. The Morgan fingerprint density at radius 3 is 2.64 bits per heavy atom. The summed E-state index contributed by atoms with van der Waals surface area (Å²) in [6, 6.07) is 1.73. The van der Waals surface area contributed by atoms with Crippen LogP contribution >= 0.6 is 11.6 Å². The van der Waals surface area contributed by atoms with E-state index in [0.717, 1.165) is 5.69 Å². The predicted molar refractivity (Wildman–Crippen MR) is 48.0 cm³/mol. The molecule has 0 saturated carbocycles. The maximum Gasteiger partial charge on any atom is 0.131 e. The van der Waals surface area contributed by atoms with Gasteiger partial charge in [-0.2, -0.15) is 0 Å². The zero-order chi connectivity index (χ0) is 8.43. The van der Waals surface area contributed by atoms with Crippen molar-refractivity contribution in [2.24, 2.45) is 0 Å². The quantitative estimate of drug-likeness (QED) is 0.650. The lowest BCUT2D eigenvalue weighted by molar-refractivity contribution is 1.12. The van der Waals surface area contributed by atoms with Gasteiger partial charge in [0.25, 0.3) is 0 Å². The van der Waals surface area contributed by atoms with Crippen molar-refractivity contribution in [2.75, 3.05) is 24.7 Å². The Morgan fingerprint density at radius 2 is 2.18 bits per heavy atom. The van der Waals surface area contributed by atoms with Crippen molar-refractivity contribution in [3.05, 3.63) is 17.4 Å². The molecule has 1 heterocycles. The highest BCUT2D eigenvalue weighted by molar-refractivity contribution is 6.29. The summed E-state index contributed by atoms with van der Waals surface area (Å²) in [6.07, 6.45) is 1.55. The molecule has 0 saturated heterocycles. The lowest BCUT2D eigenvalue weighted by Crippen LogP contribution is -2.11. The van der Waals surface area contributed by atoms with E-state index in [1.54, 1.807) is 12.3 Å². The third kappa shape index (κ3) is 1.74. The first kappa shape index (κ1) is 8.14. The molecule has 0 spiro atoms. The number of hydrogen-bond donors (Lipinski definition) is 1. The Labute approximate surface area is 70.8 Å². The van der Waals surface area contributed by atoms with E-state index >= 15 is 0 Å². The molecular weight excluding hydrogens is 162 g/mol. The van der Waals surface area contributed by atoms with Gasteiger partial charge in [-0.25, -0.2) is 4.98 Å². The van der Waals surface area contributed by atoms with E-state index in [1.807, 2.05) is 19.0 Å². The maximum atomic E-state index is 5.67. The Morgan fingerprint density at radius 1 is 1.55 bits per heavy atom. The van der Waals surface area contributed by atoms with Gasteiger partial charge in [0.05, 0.1) is 17.6 Å². The van der Waals surface area contributed by atoms with E-state index < -0.39 is 0 Å². The van der Waals surface area contributed by atoms with Gasteiger partial charge in [0.2, 0.25) is 0 Å². The monoisotopic (exact) mass is 171 g/mol. The number of pyridine rings is 1. The van der Waals surface area contributed by atoms with Crippen molar-refractivity contribution in [3.8, 4) is 0 Å². The number of nitrogens with two attached hydrogens (primary N) is 1. The number of halogens is 1. The van der Waals surface area contributed by atoms with Crippen LogP contribution in [0.3, 0.4) is 0 Å². The second-order valence-electron chi connectivity index (χ2n) is 2.46. The summed E-state index contributed by atoms with van der Waals surface area (Å²) in [7, 11) is 3.81. The number of rotatable bonds is 1. The third-order valence-electron chi connectivity index (χ3n) is 1.36.